The number of rotatable bonds is 1. The van der Waals surface area contributed by atoms with E-state index in [9.17, 15) is 0 Å². The minimum absolute atomic E-state index is 0.554. The quantitative estimate of drug-likeness (QED) is 0.440. The fourth-order valence-electron chi connectivity index (χ4n) is 1.24. The summed E-state index contributed by atoms with van der Waals surface area (Å²) in [6, 6.07) is 4.17. The van der Waals surface area contributed by atoms with E-state index in [-0.39, 0.29) is 0 Å². The Morgan fingerprint density at radius 2 is 2.23 bits per heavy atom. The minimum Gasteiger partial charge on any atom is -0.143 e. The first kappa shape index (κ1) is 10.1. The molecule has 0 aliphatic rings. The maximum Gasteiger partial charge on any atom is 0.0474 e. The van der Waals surface area contributed by atoms with Crippen molar-refractivity contribution >= 4 is 68.2 Å². The average molecular weight is 341 g/mol. The highest BCUT2D eigenvalue weighted by Crippen LogP contribution is 2.33. The summed E-state index contributed by atoms with van der Waals surface area (Å²) in [5, 5.41) is 3.39. The van der Waals surface area contributed by atoms with E-state index >= 15 is 0 Å². The third-order valence-electron chi connectivity index (χ3n) is 1.82. The zero-order valence-electron chi connectivity index (χ0n) is 6.55. The molecule has 0 unspecified atom stereocenters. The van der Waals surface area contributed by atoms with Gasteiger partial charge in [-0.2, -0.15) is 0 Å². The topological polar surface area (TPSA) is 0 Å². The van der Waals surface area contributed by atoms with Crippen molar-refractivity contribution in [2.24, 2.45) is 0 Å². The first-order valence-electron chi connectivity index (χ1n) is 3.67. The van der Waals surface area contributed by atoms with E-state index in [0.717, 1.165) is 10.5 Å². The third kappa shape index (κ3) is 1.84. The van der Waals surface area contributed by atoms with Crippen molar-refractivity contribution in [2.75, 3.05) is 0 Å². The van der Waals surface area contributed by atoms with E-state index in [0.29, 0.717) is 5.88 Å². The molecule has 0 nitrogen and oxygen atoms in total. The number of fused-ring (bicyclic) bond motifs is 1. The van der Waals surface area contributed by atoms with Crippen LogP contribution < -0.4 is 0 Å². The summed E-state index contributed by atoms with van der Waals surface area (Å²) in [4.78, 5) is 1.03. The third-order valence-corrected chi connectivity index (χ3v) is 4.69. The molecule has 0 aliphatic heterocycles. The largest absolute Gasteiger partial charge is 0.143 e. The molecule has 0 fully saturated rings. The molecule has 0 radical (unpaired) electrons. The molecule has 0 amide bonds. The molecule has 13 heavy (non-hydrogen) atoms. The van der Waals surface area contributed by atoms with Crippen LogP contribution in [0.3, 0.4) is 0 Å². The normalized spacial score (nSPS) is 11.0. The summed E-state index contributed by atoms with van der Waals surface area (Å²) in [6.07, 6.45) is 0. The fourth-order valence-corrected chi connectivity index (χ4v) is 4.14. The van der Waals surface area contributed by atoms with Crippen LogP contribution in [0.5, 0.6) is 0 Å². The maximum absolute atomic E-state index is 5.77. The number of hydrogen-bond acceptors (Lipinski definition) is 2. The molecule has 1 heterocycles. The van der Waals surface area contributed by atoms with E-state index in [2.05, 4.69) is 46.7 Å². The monoisotopic (exact) mass is 340 g/mol. The molecule has 1 aromatic heterocycles. The molecule has 0 spiro atoms. The van der Waals surface area contributed by atoms with Gasteiger partial charge in [-0.05, 0) is 40.3 Å². The molecule has 4 heteroatoms. The van der Waals surface area contributed by atoms with Crippen LogP contribution >= 0.6 is 58.2 Å². The van der Waals surface area contributed by atoms with Crippen molar-refractivity contribution in [3.8, 4) is 0 Å². The van der Waals surface area contributed by atoms with Crippen molar-refractivity contribution in [1.29, 1.82) is 0 Å². The van der Waals surface area contributed by atoms with Crippen LogP contribution in [0.25, 0.3) is 10.1 Å². The van der Waals surface area contributed by atoms with Crippen molar-refractivity contribution in [2.45, 2.75) is 10.8 Å². The second-order valence-electron chi connectivity index (χ2n) is 2.71. The standard InChI is InChI=1S/C9H6ClIS2/c10-3-5-1-7(12)9-6(11)4-13-8(9)2-5/h1-2,4,12H,3H2. The molecular formula is C9H6ClIS2. The lowest BCUT2D eigenvalue weighted by molar-refractivity contribution is 1.38. The Morgan fingerprint density at radius 3 is 2.92 bits per heavy atom. The Bertz CT molecular complexity index is 450. The van der Waals surface area contributed by atoms with E-state index in [1.807, 2.05) is 6.07 Å². The lowest BCUT2D eigenvalue weighted by Gasteiger charge is -2.00. The molecule has 0 bridgehead atoms. The summed E-state index contributed by atoms with van der Waals surface area (Å²) in [5.74, 6) is 0.554. The molecular weight excluding hydrogens is 335 g/mol. The van der Waals surface area contributed by atoms with Crippen molar-refractivity contribution in [1.82, 2.24) is 0 Å². The minimum atomic E-state index is 0.554. The number of halogens is 2. The predicted octanol–water partition coefficient (Wildman–Crippen LogP) is 4.53. The summed E-state index contributed by atoms with van der Waals surface area (Å²) < 4.78 is 2.54. The van der Waals surface area contributed by atoms with Gasteiger partial charge in [-0.1, -0.05) is 0 Å². The van der Waals surface area contributed by atoms with Gasteiger partial charge in [0, 0.05) is 29.8 Å². The Balaban J connectivity index is 2.79. The van der Waals surface area contributed by atoms with Crippen LogP contribution in [0, 0.1) is 3.57 Å². The number of alkyl halides is 1. The van der Waals surface area contributed by atoms with Crippen LogP contribution in [0.4, 0.5) is 0 Å². The fraction of sp³-hybridized carbons (Fsp3) is 0.111. The van der Waals surface area contributed by atoms with E-state index in [1.54, 1.807) is 11.3 Å². The lowest BCUT2D eigenvalue weighted by atomic mass is 10.2. The molecule has 68 valence electrons. The van der Waals surface area contributed by atoms with Gasteiger partial charge in [-0.25, -0.2) is 0 Å². The zero-order valence-corrected chi connectivity index (χ0v) is 11.2. The van der Waals surface area contributed by atoms with Crippen LogP contribution in [0.1, 0.15) is 5.56 Å². The molecule has 0 saturated carbocycles. The number of hydrogen-bond donors (Lipinski definition) is 1. The van der Waals surface area contributed by atoms with Gasteiger partial charge in [0.05, 0.1) is 0 Å². The van der Waals surface area contributed by atoms with Gasteiger partial charge in [0.1, 0.15) is 0 Å². The van der Waals surface area contributed by atoms with Gasteiger partial charge in [0.2, 0.25) is 0 Å². The van der Waals surface area contributed by atoms with Crippen LogP contribution in [0.15, 0.2) is 22.4 Å². The van der Waals surface area contributed by atoms with E-state index in [4.69, 9.17) is 11.6 Å². The highest BCUT2D eigenvalue weighted by atomic mass is 127. The van der Waals surface area contributed by atoms with E-state index in [1.165, 1.54) is 13.7 Å². The summed E-state index contributed by atoms with van der Waals surface area (Å²) in [6.45, 7) is 0. The first-order valence-corrected chi connectivity index (χ1v) is 6.61. The predicted molar refractivity (Wildman–Crippen MR) is 71.4 cm³/mol. The van der Waals surface area contributed by atoms with Gasteiger partial charge in [-0.15, -0.1) is 35.6 Å². The number of benzene rings is 1. The van der Waals surface area contributed by atoms with Crippen LogP contribution in [0.2, 0.25) is 0 Å². The van der Waals surface area contributed by atoms with Crippen molar-refractivity contribution < 1.29 is 0 Å². The summed E-state index contributed by atoms with van der Waals surface area (Å²) in [5.41, 5.74) is 1.14. The summed E-state index contributed by atoms with van der Waals surface area (Å²) >= 11 is 14.3. The second-order valence-corrected chi connectivity index (χ2v) is 5.53. The van der Waals surface area contributed by atoms with Gasteiger partial charge >= 0.3 is 0 Å². The van der Waals surface area contributed by atoms with Gasteiger partial charge in [0.15, 0.2) is 0 Å². The lowest BCUT2D eigenvalue weighted by Crippen LogP contribution is -1.79. The maximum atomic E-state index is 5.77. The molecule has 0 saturated heterocycles. The smallest absolute Gasteiger partial charge is 0.0474 e. The van der Waals surface area contributed by atoms with Gasteiger partial charge in [-0.3, -0.25) is 0 Å². The zero-order chi connectivity index (χ0) is 9.42. The SMILES string of the molecule is Sc1cc(CCl)cc2scc(I)c12. The average Bonchev–Trinajstić information content (AvgIpc) is 2.48. The molecule has 0 atom stereocenters. The highest BCUT2D eigenvalue weighted by molar-refractivity contribution is 14.1. The Hall–Kier alpha value is 0.550. The highest BCUT2D eigenvalue weighted by Gasteiger charge is 2.06. The molecule has 0 N–H and O–H groups in total. The van der Waals surface area contributed by atoms with Crippen molar-refractivity contribution in [3.05, 3.63) is 26.6 Å². The first-order chi connectivity index (χ1) is 6.22. The van der Waals surface area contributed by atoms with Crippen molar-refractivity contribution in [3.63, 3.8) is 0 Å². The Kier molecular flexibility index (Phi) is 3.07. The van der Waals surface area contributed by atoms with Crippen LogP contribution in [-0.4, -0.2) is 0 Å². The van der Waals surface area contributed by atoms with Gasteiger partial charge in [0.25, 0.3) is 0 Å². The molecule has 0 aliphatic carbocycles. The Morgan fingerprint density at radius 1 is 1.46 bits per heavy atom. The molecule has 2 aromatic rings. The van der Waals surface area contributed by atoms with Gasteiger partial charge < -0.3 is 0 Å². The summed E-state index contributed by atoms with van der Waals surface area (Å²) in [7, 11) is 0. The van der Waals surface area contributed by atoms with E-state index < -0.39 is 0 Å². The second kappa shape index (κ2) is 3.96. The number of thiol groups is 1. The molecule has 1 aromatic carbocycles. The molecule has 2 rings (SSSR count). The Labute approximate surface area is 105 Å². The number of thiophene rings is 1. The van der Waals surface area contributed by atoms with Crippen LogP contribution in [-0.2, 0) is 5.88 Å².